The highest BCUT2D eigenvalue weighted by Crippen LogP contribution is 2.19. The Labute approximate surface area is 139 Å². The van der Waals surface area contributed by atoms with Crippen LogP contribution in [0.15, 0.2) is 48.5 Å². The van der Waals surface area contributed by atoms with Crippen LogP contribution in [0.25, 0.3) is 0 Å². The molecule has 0 aliphatic carbocycles. The third-order valence-corrected chi connectivity index (χ3v) is 4.01. The van der Waals surface area contributed by atoms with Gasteiger partial charge in [0, 0.05) is 12.1 Å². The average Bonchev–Trinajstić information content (AvgIpc) is 2.60. The molecule has 0 aliphatic rings. The number of nitrogens with zero attached hydrogens (tertiary/aromatic N) is 1. The molecule has 0 heterocycles. The fraction of sp³-hybridized carbons (Fsp3) is 0.400. The summed E-state index contributed by atoms with van der Waals surface area (Å²) in [6.45, 7) is 8.71. The van der Waals surface area contributed by atoms with Gasteiger partial charge in [-0.25, -0.2) is 0 Å². The quantitative estimate of drug-likeness (QED) is 0.690. The number of rotatable bonds is 9. The number of benzene rings is 2. The number of methoxy groups -OCH3 is 1. The molecule has 0 saturated heterocycles. The monoisotopic (exact) mass is 313 g/mol. The molecule has 0 fully saturated rings. The van der Waals surface area contributed by atoms with Crippen molar-refractivity contribution in [2.75, 3.05) is 20.2 Å². The van der Waals surface area contributed by atoms with E-state index in [1.54, 1.807) is 7.11 Å². The van der Waals surface area contributed by atoms with Gasteiger partial charge in [-0.2, -0.15) is 0 Å². The fourth-order valence-electron chi connectivity index (χ4n) is 2.62. The van der Waals surface area contributed by atoms with Crippen molar-refractivity contribution >= 4 is 0 Å². The first kappa shape index (κ1) is 17.5. The molecule has 2 rings (SSSR count). The van der Waals surface area contributed by atoms with Gasteiger partial charge in [0.25, 0.3) is 0 Å². The predicted molar refractivity (Wildman–Crippen MR) is 94.6 cm³/mol. The molecule has 124 valence electrons. The Bertz CT molecular complexity index is 594. The van der Waals surface area contributed by atoms with Crippen LogP contribution < -0.4 is 4.74 Å². The van der Waals surface area contributed by atoms with E-state index in [1.165, 1.54) is 11.1 Å². The highest BCUT2D eigenvalue weighted by Gasteiger charge is 2.04. The highest BCUT2D eigenvalue weighted by atomic mass is 16.5. The molecule has 0 aliphatic heterocycles. The highest BCUT2D eigenvalue weighted by molar-refractivity contribution is 5.32. The van der Waals surface area contributed by atoms with E-state index in [-0.39, 0.29) is 0 Å². The lowest BCUT2D eigenvalue weighted by Gasteiger charge is -2.18. The van der Waals surface area contributed by atoms with Crippen LogP contribution in [0.4, 0.5) is 0 Å². The van der Waals surface area contributed by atoms with E-state index in [4.69, 9.17) is 9.47 Å². The maximum atomic E-state index is 5.87. The molecular formula is C20H27NO2. The van der Waals surface area contributed by atoms with Gasteiger partial charge in [0.2, 0.25) is 0 Å². The van der Waals surface area contributed by atoms with Gasteiger partial charge in [-0.05, 0) is 30.3 Å². The van der Waals surface area contributed by atoms with Gasteiger partial charge in [-0.1, -0.05) is 56.3 Å². The maximum Gasteiger partial charge on any atom is 0.124 e. The molecule has 0 N–H and O–H groups in total. The number of hydrogen-bond acceptors (Lipinski definition) is 3. The van der Waals surface area contributed by atoms with E-state index in [2.05, 4.69) is 43.0 Å². The summed E-state index contributed by atoms with van der Waals surface area (Å²) in [4.78, 5) is 2.41. The van der Waals surface area contributed by atoms with Crippen LogP contribution >= 0.6 is 0 Å². The van der Waals surface area contributed by atoms with Crippen LogP contribution in [-0.2, 0) is 24.5 Å². The van der Waals surface area contributed by atoms with E-state index in [1.807, 2.05) is 24.3 Å². The molecule has 0 amide bonds. The topological polar surface area (TPSA) is 21.7 Å². The largest absolute Gasteiger partial charge is 0.496 e. The Morgan fingerprint density at radius 3 is 2.35 bits per heavy atom. The molecule has 0 radical (unpaired) electrons. The van der Waals surface area contributed by atoms with Gasteiger partial charge in [0.1, 0.15) is 5.75 Å². The Kier molecular flexibility index (Phi) is 7.11. The van der Waals surface area contributed by atoms with E-state index >= 15 is 0 Å². The Morgan fingerprint density at radius 1 is 0.870 bits per heavy atom. The Hall–Kier alpha value is -1.84. The first-order valence-electron chi connectivity index (χ1n) is 8.26. The second-order valence-corrected chi connectivity index (χ2v) is 5.59. The van der Waals surface area contributed by atoms with Gasteiger partial charge >= 0.3 is 0 Å². The zero-order valence-electron chi connectivity index (χ0n) is 14.4. The van der Waals surface area contributed by atoms with Crippen molar-refractivity contribution in [3.05, 3.63) is 65.2 Å². The van der Waals surface area contributed by atoms with Crippen LogP contribution in [0.1, 0.15) is 30.5 Å². The Balaban J connectivity index is 1.91. The summed E-state index contributed by atoms with van der Waals surface area (Å²) < 4.78 is 11.2. The van der Waals surface area contributed by atoms with Crippen molar-refractivity contribution in [1.82, 2.24) is 4.90 Å². The third-order valence-electron chi connectivity index (χ3n) is 4.01. The minimum absolute atomic E-state index is 0.560. The second kappa shape index (κ2) is 9.33. The average molecular weight is 313 g/mol. The van der Waals surface area contributed by atoms with Gasteiger partial charge in [-0.3, -0.25) is 4.90 Å². The zero-order chi connectivity index (χ0) is 16.5. The van der Waals surface area contributed by atoms with Crippen molar-refractivity contribution < 1.29 is 9.47 Å². The SMILES string of the molecule is CCN(CC)Cc1cccc(COCc2ccccc2OC)c1. The molecule has 0 spiro atoms. The summed E-state index contributed by atoms with van der Waals surface area (Å²) in [6.07, 6.45) is 0. The van der Waals surface area contributed by atoms with Gasteiger partial charge < -0.3 is 9.47 Å². The zero-order valence-corrected chi connectivity index (χ0v) is 14.4. The number of para-hydroxylation sites is 1. The normalized spacial score (nSPS) is 11.0. The van der Waals surface area contributed by atoms with E-state index in [0.717, 1.165) is 30.9 Å². The molecule has 23 heavy (non-hydrogen) atoms. The number of hydrogen-bond donors (Lipinski definition) is 0. The molecule has 0 aromatic heterocycles. The lowest BCUT2D eigenvalue weighted by atomic mass is 10.1. The number of ether oxygens (including phenoxy) is 2. The van der Waals surface area contributed by atoms with E-state index < -0.39 is 0 Å². The van der Waals surface area contributed by atoms with E-state index in [9.17, 15) is 0 Å². The predicted octanol–water partition coefficient (Wildman–Crippen LogP) is 4.25. The summed E-state index contributed by atoms with van der Waals surface area (Å²) in [5, 5.41) is 0. The molecule has 0 atom stereocenters. The Morgan fingerprint density at radius 2 is 1.61 bits per heavy atom. The summed E-state index contributed by atoms with van der Waals surface area (Å²) in [7, 11) is 1.69. The van der Waals surface area contributed by atoms with Crippen molar-refractivity contribution in [1.29, 1.82) is 0 Å². The fourth-order valence-corrected chi connectivity index (χ4v) is 2.62. The molecule has 2 aromatic rings. The van der Waals surface area contributed by atoms with E-state index in [0.29, 0.717) is 13.2 Å². The molecule has 0 unspecified atom stereocenters. The molecule has 0 bridgehead atoms. The lowest BCUT2D eigenvalue weighted by molar-refractivity contribution is 0.105. The first-order chi connectivity index (χ1) is 11.3. The minimum Gasteiger partial charge on any atom is -0.496 e. The third kappa shape index (κ3) is 5.38. The smallest absolute Gasteiger partial charge is 0.124 e. The first-order valence-corrected chi connectivity index (χ1v) is 8.26. The summed E-state index contributed by atoms with van der Waals surface area (Å²) in [6, 6.07) is 16.6. The lowest BCUT2D eigenvalue weighted by Crippen LogP contribution is -2.22. The van der Waals surface area contributed by atoms with Crippen LogP contribution in [0.5, 0.6) is 5.75 Å². The van der Waals surface area contributed by atoms with Crippen molar-refractivity contribution in [3.8, 4) is 5.75 Å². The maximum absolute atomic E-state index is 5.87. The van der Waals surface area contributed by atoms with Crippen LogP contribution in [-0.4, -0.2) is 25.1 Å². The van der Waals surface area contributed by atoms with Crippen LogP contribution in [0.2, 0.25) is 0 Å². The summed E-state index contributed by atoms with van der Waals surface area (Å²) in [5.74, 6) is 0.878. The summed E-state index contributed by atoms with van der Waals surface area (Å²) >= 11 is 0. The molecule has 2 aromatic carbocycles. The van der Waals surface area contributed by atoms with Crippen LogP contribution in [0.3, 0.4) is 0 Å². The summed E-state index contributed by atoms with van der Waals surface area (Å²) in [5.41, 5.74) is 3.63. The van der Waals surface area contributed by atoms with Gasteiger partial charge in [0.15, 0.2) is 0 Å². The van der Waals surface area contributed by atoms with Gasteiger partial charge in [0.05, 0.1) is 20.3 Å². The molecular weight excluding hydrogens is 286 g/mol. The van der Waals surface area contributed by atoms with Crippen molar-refractivity contribution in [3.63, 3.8) is 0 Å². The molecule has 3 nitrogen and oxygen atoms in total. The van der Waals surface area contributed by atoms with Gasteiger partial charge in [-0.15, -0.1) is 0 Å². The molecule has 3 heteroatoms. The molecule has 0 saturated carbocycles. The van der Waals surface area contributed by atoms with Crippen molar-refractivity contribution in [2.24, 2.45) is 0 Å². The standard InChI is InChI=1S/C20H27NO2/c1-4-21(5-2)14-17-9-8-10-18(13-17)15-23-16-19-11-6-7-12-20(19)22-3/h6-13H,4-5,14-16H2,1-3H3. The minimum atomic E-state index is 0.560. The second-order valence-electron chi connectivity index (χ2n) is 5.59. The van der Waals surface area contributed by atoms with Crippen LogP contribution in [0, 0.1) is 0 Å². The van der Waals surface area contributed by atoms with Crippen molar-refractivity contribution in [2.45, 2.75) is 33.6 Å².